The lowest BCUT2D eigenvalue weighted by Gasteiger charge is -2.37. The number of benzene rings is 2. The monoisotopic (exact) mass is 432 g/mol. The van der Waals surface area contributed by atoms with E-state index in [2.05, 4.69) is 10.2 Å². The SMILES string of the molecule is COc1ccc(NC(=O)[C@@H](c2ccccc2)N2CCC(OCCCO)CC2)cc1Cl. The Morgan fingerprint density at radius 3 is 2.60 bits per heavy atom. The number of carbonyl (C=O) groups is 1. The second-order valence-corrected chi connectivity index (χ2v) is 7.74. The molecule has 162 valence electrons. The fourth-order valence-corrected chi connectivity index (χ4v) is 3.99. The number of piperidine rings is 1. The van der Waals surface area contributed by atoms with E-state index in [1.54, 1.807) is 25.3 Å². The Balaban J connectivity index is 1.70. The average molecular weight is 433 g/mol. The number of aliphatic hydroxyl groups excluding tert-OH is 1. The number of methoxy groups -OCH3 is 1. The van der Waals surface area contributed by atoms with Crippen molar-refractivity contribution in [2.24, 2.45) is 0 Å². The quantitative estimate of drug-likeness (QED) is 0.588. The number of carbonyl (C=O) groups excluding carboxylic acids is 1. The van der Waals surface area contributed by atoms with E-state index < -0.39 is 6.04 Å². The van der Waals surface area contributed by atoms with Crippen LogP contribution in [-0.4, -0.2) is 55.4 Å². The molecule has 0 saturated carbocycles. The Kier molecular flexibility index (Phi) is 8.51. The highest BCUT2D eigenvalue weighted by atomic mass is 35.5. The summed E-state index contributed by atoms with van der Waals surface area (Å²) in [5.74, 6) is 0.472. The maximum Gasteiger partial charge on any atom is 0.246 e. The second kappa shape index (κ2) is 11.3. The van der Waals surface area contributed by atoms with Crippen LogP contribution >= 0.6 is 11.6 Å². The Labute approximate surface area is 182 Å². The molecule has 7 heteroatoms. The number of amides is 1. The third-order valence-electron chi connectivity index (χ3n) is 5.28. The molecule has 1 atom stereocenters. The van der Waals surface area contributed by atoms with Crippen molar-refractivity contribution in [1.29, 1.82) is 0 Å². The third kappa shape index (κ3) is 5.95. The van der Waals surface area contributed by atoms with Gasteiger partial charge in [0, 0.05) is 32.0 Å². The van der Waals surface area contributed by atoms with Gasteiger partial charge in [-0.2, -0.15) is 0 Å². The molecule has 1 amide bonds. The first-order valence-electron chi connectivity index (χ1n) is 10.3. The zero-order chi connectivity index (χ0) is 21.3. The predicted octanol–water partition coefficient (Wildman–Crippen LogP) is 3.89. The van der Waals surface area contributed by atoms with E-state index >= 15 is 0 Å². The molecular formula is C23H29ClN2O4. The van der Waals surface area contributed by atoms with Gasteiger partial charge < -0.3 is 19.9 Å². The molecule has 0 bridgehead atoms. The molecule has 0 spiro atoms. The summed E-state index contributed by atoms with van der Waals surface area (Å²) >= 11 is 6.21. The standard InChI is InChI=1S/C23H29ClN2O4/c1-29-21-9-8-18(16-20(21)24)25-23(28)22(17-6-3-2-4-7-17)26-12-10-19(11-13-26)30-15-5-14-27/h2-4,6-9,16,19,22,27H,5,10-15H2,1H3,(H,25,28)/t22-/m1/s1. The molecule has 0 aromatic heterocycles. The van der Waals surface area contributed by atoms with Gasteiger partial charge in [0.05, 0.1) is 18.2 Å². The van der Waals surface area contributed by atoms with Gasteiger partial charge in [-0.1, -0.05) is 41.9 Å². The number of hydrogen-bond acceptors (Lipinski definition) is 5. The van der Waals surface area contributed by atoms with Crippen LogP contribution in [0.1, 0.15) is 30.9 Å². The highest BCUT2D eigenvalue weighted by Gasteiger charge is 2.31. The first-order valence-corrected chi connectivity index (χ1v) is 10.7. The van der Waals surface area contributed by atoms with Crippen LogP contribution in [-0.2, 0) is 9.53 Å². The minimum atomic E-state index is -0.398. The average Bonchev–Trinajstić information content (AvgIpc) is 2.76. The summed E-state index contributed by atoms with van der Waals surface area (Å²) in [5, 5.41) is 12.4. The topological polar surface area (TPSA) is 71.0 Å². The summed E-state index contributed by atoms with van der Waals surface area (Å²) < 4.78 is 11.0. The lowest BCUT2D eigenvalue weighted by Crippen LogP contribution is -2.43. The number of anilines is 1. The number of nitrogens with one attached hydrogen (secondary N) is 1. The normalized spacial score (nSPS) is 16.2. The van der Waals surface area contributed by atoms with Gasteiger partial charge in [-0.25, -0.2) is 0 Å². The Morgan fingerprint density at radius 2 is 1.97 bits per heavy atom. The van der Waals surface area contributed by atoms with Gasteiger partial charge in [-0.05, 0) is 43.0 Å². The molecule has 2 aromatic carbocycles. The third-order valence-corrected chi connectivity index (χ3v) is 5.58. The Morgan fingerprint density at radius 1 is 1.23 bits per heavy atom. The van der Waals surface area contributed by atoms with Crippen molar-refractivity contribution < 1.29 is 19.4 Å². The molecule has 0 unspecified atom stereocenters. The van der Waals surface area contributed by atoms with Crippen molar-refractivity contribution in [2.45, 2.75) is 31.4 Å². The van der Waals surface area contributed by atoms with Gasteiger partial charge in [-0.15, -0.1) is 0 Å². The minimum Gasteiger partial charge on any atom is -0.495 e. The summed E-state index contributed by atoms with van der Waals surface area (Å²) in [6, 6.07) is 14.6. The number of aliphatic hydroxyl groups is 1. The summed E-state index contributed by atoms with van der Waals surface area (Å²) in [7, 11) is 1.56. The number of nitrogens with zero attached hydrogens (tertiary/aromatic N) is 1. The van der Waals surface area contributed by atoms with E-state index in [0.29, 0.717) is 29.5 Å². The molecular weight excluding hydrogens is 404 g/mol. The number of ether oxygens (including phenoxy) is 2. The van der Waals surface area contributed by atoms with Gasteiger partial charge in [0.15, 0.2) is 0 Å². The van der Waals surface area contributed by atoms with Gasteiger partial charge in [0.2, 0.25) is 5.91 Å². The number of halogens is 1. The molecule has 0 aliphatic carbocycles. The van der Waals surface area contributed by atoms with Crippen LogP contribution in [0.5, 0.6) is 5.75 Å². The van der Waals surface area contributed by atoms with Crippen molar-refractivity contribution >= 4 is 23.2 Å². The van der Waals surface area contributed by atoms with Crippen LogP contribution in [0, 0.1) is 0 Å². The molecule has 3 rings (SSSR count). The van der Waals surface area contributed by atoms with E-state index in [4.69, 9.17) is 26.2 Å². The van der Waals surface area contributed by atoms with E-state index in [1.807, 2.05) is 30.3 Å². The van der Waals surface area contributed by atoms with Gasteiger partial charge in [0.25, 0.3) is 0 Å². The Bertz CT molecular complexity index is 810. The van der Waals surface area contributed by atoms with Crippen LogP contribution in [0.4, 0.5) is 5.69 Å². The first kappa shape index (κ1) is 22.6. The first-order chi connectivity index (χ1) is 14.6. The zero-order valence-corrected chi connectivity index (χ0v) is 18.0. The summed E-state index contributed by atoms with van der Waals surface area (Å²) in [5.41, 5.74) is 1.59. The van der Waals surface area contributed by atoms with E-state index in [1.165, 1.54) is 0 Å². The lowest BCUT2D eigenvalue weighted by atomic mass is 9.99. The van der Waals surface area contributed by atoms with E-state index in [9.17, 15) is 4.79 Å². The van der Waals surface area contributed by atoms with Gasteiger partial charge >= 0.3 is 0 Å². The molecule has 1 fully saturated rings. The van der Waals surface area contributed by atoms with Crippen molar-refractivity contribution in [3.63, 3.8) is 0 Å². The highest BCUT2D eigenvalue weighted by Crippen LogP contribution is 2.30. The van der Waals surface area contributed by atoms with E-state index in [-0.39, 0.29) is 18.6 Å². The summed E-state index contributed by atoms with van der Waals surface area (Å²) in [4.78, 5) is 15.5. The highest BCUT2D eigenvalue weighted by molar-refractivity contribution is 6.32. The minimum absolute atomic E-state index is 0.0953. The molecule has 0 radical (unpaired) electrons. The molecule has 1 heterocycles. The molecule has 1 aliphatic rings. The number of hydrogen-bond donors (Lipinski definition) is 2. The Hall–Kier alpha value is -2.12. The fourth-order valence-electron chi connectivity index (χ4n) is 3.73. The maximum absolute atomic E-state index is 13.3. The smallest absolute Gasteiger partial charge is 0.246 e. The van der Waals surface area contributed by atoms with Crippen LogP contribution in [0.15, 0.2) is 48.5 Å². The van der Waals surface area contributed by atoms with Crippen molar-refractivity contribution in [2.75, 3.05) is 38.7 Å². The zero-order valence-electron chi connectivity index (χ0n) is 17.2. The molecule has 30 heavy (non-hydrogen) atoms. The van der Waals surface area contributed by atoms with Crippen LogP contribution in [0.3, 0.4) is 0 Å². The molecule has 1 aliphatic heterocycles. The molecule has 2 aromatic rings. The van der Waals surface area contributed by atoms with Gasteiger partial charge in [-0.3, -0.25) is 9.69 Å². The molecule has 6 nitrogen and oxygen atoms in total. The summed E-state index contributed by atoms with van der Waals surface area (Å²) in [6.07, 6.45) is 2.54. The predicted molar refractivity (Wildman–Crippen MR) is 118 cm³/mol. The number of rotatable bonds is 9. The fraction of sp³-hybridized carbons (Fsp3) is 0.435. The van der Waals surface area contributed by atoms with Crippen molar-refractivity contribution in [3.8, 4) is 5.75 Å². The maximum atomic E-state index is 13.3. The lowest BCUT2D eigenvalue weighted by molar-refractivity contribution is -0.122. The summed E-state index contributed by atoms with van der Waals surface area (Å²) in [6.45, 7) is 2.24. The largest absolute Gasteiger partial charge is 0.495 e. The van der Waals surface area contributed by atoms with Crippen LogP contribution in [0.2, 0.25) is 5.02 Å². The van der Waals surface area contributed by atoms with Gasteiger partial charge in [0.1, 0.15) is 11.8 Å². The van der Waals surface area contributed by atoms with Crippen molar-refractivity contribution in [3.05, 3.63) is 59.1 Å². The second-order valence-electron chi connectivity index (χ2n) is 7.34. The molecule has 1 saturated heterocycles. The van der Waals surface area contributed by atoms with Crippen LogP contribution < -0.4 is 10.1 Å². The van der Waals surface area contributed by atoms with Crippen LogP contribution in [0.25, 0.3) is 0 Å². The van der Waals surface area contributed by atoms with E-state index in [0.717, 1.165) is 31.5 Å². The van der Waals surface area contributed by atoms with Crippen molar-refractivity contribution in [1.82, 2.24) is 4.90 Å². The molecule has 2 N–H and O–H groups in total. The number of likely N-dealkylation sites (tertiary alicyclic amines) is 1.